The Balaban J connectivity index is 2.36. The first-order valence-corrected chi connectivity index (χ1v) is 11.2. The fourth-order valence-corrected chi connectivity index (χ4v) is 5.58. The number of alkyl halides is 1. The van der Waals surface area contributed by atoms with E-state index in [1.54, 1.807) is 32.1 Å². The van der Waals surface area contributed by atoms with Crippen molar-refractivity contribution in [1.82, 2.24) is 0 Å². The minimum Gasteiger partial charge on any atom is -0.459 e. The third-order valence-electron chi connectivity index (χ3n) is 7.14. The van der Waals surface area contributed by atoms with Gasteiger partial charge < -0.3 is 19.3 Å². The molecule has 0 radical (unpaired) electrons. The maximum absolute atomic E-state index is 12.8. The molecule has 1 aliphatic heterocycles. The van der Waals surface area contributed by atoms with Gasteiger partial charge in [0, 0.05) is 31.1 Å². The molecule has 2 aliphatic carbocycles. The molecule has 8 nitrogen and oxygen atoms in total. The lowest BCUT2D eigenvalue weighted by atomic mass is 9.57. The van der Waals surface area contributed by atoms with Gasteiger partial charge >= 0.3 is 17.9 Å². The number of carbonyl (C=O) groups is 4. The highest BCUT2D eigenvalue weighted by Crippen LogP contribution is 2.53. The monoisotopic (exact) mass is 480 g/mol. The standard InChI is InChI=1S/C24H29ClO8/c1-11-7-8-17(31-14(4)26)23(6)10-9-16(28)12(2)18(23)20(32-15(5)27)24(30)13(3)22(29)33-21(24)19(11)25/h7-10,12-13,17-21,30H,1H2,2-6H3/b8-7-/t12-,13-,17-,18+,19-,20-,21-,23+,24+/m0/s1. The zero-order valence-electron chi connectivity index (χ0n) is 19.2. The van der Waals surface area contributed by atoms with Gasteiger partial charge in [-0.3, -0.25) is 19.2 Å². The molecule has 0 aromatic rings. The van der Waals surface area contributed by atoms with E-state index >= 15 is 0 Å². The van der Waals surface area contributed by atoms with E-state index in [0.717, 1.165) is 0 Å². The van der Waals surface area contributed by atoms with Gasteiger partial charge in [0.2, 0.25) is 0 Å². The zero-order chi connectivity index (χ0) is 24.9. The summed E-state index contributed by atoms with van der Waals surface area (Å²) in [5.41, 5.74) is -2.90. The second-order valence-electron chi connectivity index (χ2n) is 9.28. The van der Waals surface area contributed by atoms with E-state index in [1.165, 1.54) is 26.8 Å². The maximum atomic E-state index is 12.8. The molecule has 1 saturated heterocycles. The predicted octanol–water partition coefficient (Wildman–Crippen LogP) is 2.27. The molecule has 9 atom stereocenters. The second kappa shape index (κ2) is 8.72. The van der Waals surface area contributed by atoms with Crippen LogP contribution in [0.3, 0.4) is 0 Å². The molecule has 33 heavy (non-hydrogen) atoms. The number of hydrogen-bond acceptors (Lipinski definition) is 8. The summed E-state index contributed by atoms with van der Waals surface area (Å²) in [5, 5.41) is 11.0. The highest BCUT2D eigenvalue weighted by Gasteiger charge is 2.67. The summed E-state index contributed by atoms with van der Waals surface area (Å²) in [4.78, 5) is 49.7. The van der Waals surface area contributed by atoms with Crippen molar-refractivity contribution in [3.05, 3.63) is 36.5 Å². The van der Waals surface area contributed by atoms with E-state index in [9.17, 15) is 24.3 Å². The Kier molecular flexibility index (Phi) is 6.65. The zero-order valence-corrected chi connectivity index (χ0v) is 20.0. The van der Waals surface area contributed by atoms with Crippen LogP contribution in [-0.2, 0) is 33.4 Å². The molecule has 0 amide bonds. The van der Waals surface area contributed by atoms with Gasteiger partial charge in [0.15, 0.2) is 17.5 Å². The first kappa shape index (κ1) is 25.2. The van der Waals surface area contributed by atoms with Crippen LogP contribution in [0.4, 0.5) is 0 Å². The summed E-state index contributed by atoms with van der Waals surface area (Å²) in [6, 6.07) is 0. The van der Waals surface area contributed by atoms with Crippen LogP contribution in [0.1, 0.15) is 34.6 Å². The molecule has 1 heterocycles. The largest absolute Gasteiger partial charge is 0.459 e. The lowest BCUT2D eigenvalue weighted by Crippen LogP contribution is -2.65. The van der Waals surface area contributed by atoms with Gasteiger partial charge in [0.1, 0.15) is 12.2 Å². The van der Waals surface area contributed by atoms with Gasteiger partial charge in [-0.1, -0.05) is 32.6 Å². The van der Waals surface area contributed by atoms with Gasteiger partial charge in [-0.15, -0.1) is 11.6 Å². The van der Waals surface area contributed by atoms with Crippen molar-refractivity contribution in [2.45, 2.75) is 63.9 Å². The van der Waals surface area contributed by atoms with Crippen molar-refractivity contribution in [2.75, 3.05) is 0 Å². The molecule has 0 aromatic carbocycles. The SMILES string of the molecule is C=C1/C=C\[C@H](OC(C)=O)[C@@]2(C)C=CC(=O)[C@H](C)[C@@H]2[C@H](OC(C)=O)[C@]2(O)[C@@H](C)C(=O)O[C@H]2[C@H]1Cl. The molecular formula is C24H29ClO8. The first-order valence-electron chi connectivity index (χ1n) is 10.8. The highest BCUT2D eigenvalue weighted by molar-refractivity contribution is 6.23. The predicted molar refractivity (Wildman–Crippen MR) is 118 cm³/mol. The number of aliphatic hydroxyl groups is 1. The summed E-state index contributed by atoms with van der Waals surface area (Å²) >= 11 is 6.60. The maximum Gasteiger partial charge on any atom is 0.312 e. The van der Waals surface area contributed by atoms with Gasteiger partial charge in [0.05, 0.1) is 11.3 Å². The third kappa shape index (κ3) is 4.04. The number of carbonyl (C=O) groups excluding carboxylic acids is 4. The minimum atomic E-state index is -2.09. The average molecular weight is 481 g/mol. The fourth-order valence-electron chi connectivity index (χ4n) is 5.26. The van der Waals surface area contributed by atoms with Crippen LogP contribution in [0, 0.1) is 23.2 Å². The Bertz CT molecular complexity index is 954. The van der Waals surface area contributed by atoms with Crippen molar-refractivity contribution in [3.8, 4) is 0 Å². The van der Waals surface area contributed by atoms with Crippen molar-refractivity contribution in [1.29, 1.82) is 0 Å². The van der Waals surface area contributed by atoms with Crippen LogP contribution in [0.25, 0.3) is 0 Å². The average Bonchev–Trinajstić information content (AvgIpc) is 2.96. The number of ether oxygens (including phenoxy) is 3. The molecule has 1 N–H and O–H groups in total. The van der Waals surface area contributed by atoms with Gasteiger partial charge in [-0.25, -0.2) is 0 Å². The van der Waals surface area contributed by atoms with Crippen molar-refractivity contribution in [2.24, 2.45) is 23.2 Å². The summed E-state index contributed by atoms with van der Waals surface area (Å²) in [6.45, 7) is 11.2. The van der Waals surface area contributed by atoms with Gasteiger partial charge in [-0.05, 0) is 24.6 Å². The molecule has 0 aromatic heterocycles. The number of hydrogen-bond donors (Lipinski definition) is 1. The van der Waals surface area contributed by atoms with Crippen molar-refractivity contribution >= 4 is 35.3 Å². The highest BCUT2D eigenvalue weighted by atomic mass is 35.5. The number of ketones is 1. The Morgan fingerprint density at radius 3 is 2.33 bits per heavy atom. The smallest absolute Gasteiger partial charge is 0.312 e. The van der Waals surface area contributed by atoms with E-state index in [1.807, 2.05) is 0 Å². The van der Waals surface area contributed by atoms with E-state index < -0.39 is 70.4 Å². The molecule has 0 saturated carbocycles. The molecule has 3 aliphatic rings. The third-order valence-corrected chi connectivity index (χ3v) is 7.65. The summed E-state index contributed by atoms with van der Waals surface area (Å²) in [7, 11) is 0. The normalized spacial score (nSPS) is 43.7. The van der Waals surface area contributed by atoms with Crippen molar-refractivity contribution in [3.63, 3.8) is 0 Å². The van der Waals surface area contributed by atoms with Gasteiger partial charge in [-0.2, -0.15) is 0 Å². The lowest BCUT2D eigenvalue weighted by Gasteiger charge is -2.52. The molecule has 0 unspecified atom stereocenters. The molecule has 0 bridgehead atoms. The molecule has 1 fully saturated rings. The van der Waals surface area contributed by atoms with Crippen LogP contribution in [0.5, 0.6) is 0 Å². The van der Waals surface area contributed by atoms with E-state index in [-0.39, 0.29) is 5.78 Å². The second-order valence-corrected chi connectivity index (χ2v) is 9.75. The Morgan fingerprint density at radius 1 is 1.15 bits per heavy atom. The van der Waals surface area contributed by atoms with E-state index in [4.69, 9.17) is 25.8 Å². The first-order chi connectivity index (χ1) is 15.2. The lowest BCUT2D eigenvalue weighted by molar-refractivity contribution is -0.205. The Morgan fingerprint density at radius 2 is 1.76 bits per heavy atom. The number of esters is 3. The summed E-state index contributed by atoms with van der Waals surface area (Å²) in [5.74, 6) is -5.06. The van der Waals surface area contributed by atoms with E-state index in [0.29, 0.717) is 5.57 Å². The molecule has 0 spiro atoms. The van der Waals surface area contributed by atoms with E-state index in [2.05, 4.69) is 6.58 Å². The Labute approximate surface area is 197 Å². The molecule has 3 rings (SSSR count). The van der Waals surface area contributed by atoms with Crippen LogP contribution in [0.2, 0.25) is 0 Å². The van der Waals surface area contributed by atoms with Crippen LogP contribution >= 0.6 is 11.6 Å². The summed E-state index contributed by atoms with van der Waals surface area (Å²) in [6.07, 6.45) is 2.51. The molecule has 9 heteroatoms. The van der Waals surface area contributed by atoms with Gasteiger partial charge in [0.25, 0.3) is 0 Å². The molecule has 180 valence electrons. The quantitative estimate of drug-likeness (QED) is 0.363. The topological polar surface area (TPSA) is 116 Å². The summed E-state index contributed by atoms with van der Waals surface area (Å²) < 4.78 is 16.8. The number of fused-ring (bicyclic) bond motifs is 2. The minimum absolute atomic E-state index is 0.262. The van der Waals surface area contributed by atoms with Crippen LogP contribution < -0.4 is 0 Å². The van der Waals surface area contributed by atoms with Crippen molar-refractivity contribution < 1.29 is 38.5 Å². The number of allylic oxidation sites excluding steroid dienone is 2. The fraction of sp³-hybridized carbons (Fsp3) is 0.583. The number of halogens is 1. The van der Waals surface area contributed by atoms with Crippen LogP contribution in [-0.4, -0.2) is 58.1 Å². The Hall–Kier alpha value is -2.45. The molecular weight excluding hydrogens is 452 g/mol. The van der Waals surface area contributed by atoms with Crippen LogP contribution in [0.15, 0.2) is 36.5 Å². The number of rotatable bonds is 2.